The molecule has 0 atom stereocenters. The van der Waals surface area contributed by atoms with E-state index in [-0.39, 0.29) is 0 Å². The predicted octanol–water partition coefficient (Wildman–Crippen LogP) is 3.12. The minimum atomic E-state index is 0.739. The number of rotatable bonds is 2. The molecule has 0 aliphatic carbocycles. The van der Waals surface area contributed by atoms with Crippen molar-refractivity contribution >= 4 is 39.1 Å². The average Bonchev–Trinajstić information content (AvgIpc) is 2.70. The topological polar surface area (TPSA) is 24.7 Å². The Morgan fingerprint density at radius 3 is 2.71 bits per heavy atom. The molecule has 0 saturated carbocycles. The molecule has 0 aromatic heterocycles. The van der Waals surface area contributed by atoms with Gasteiger partial charge in [-0.3, -0.25) is 4.99 Å². The predicted molar refractivity (Wildman–Crippen MR) is 66.2 cm³/mol. The Balaban J connectivity index is 1.91. The fourth-order valence-corrected chi connectivity index (χ4v) is 2.16. The maximum absolute atomic E-state index is 4.22. The summed E-state index contributed by atoms with van der Waals surface area (Å²) in [5.74, 6) is 0.934. The normalized spacial score (nSPS) is 14.5. The van der Waals surface area contributed by atoms with Gasteiger partial charge in [-0.1, -0.05) is 39.8 Å². The van der Waals surface area contributed by atoms with Crippen LogP contribution in [0.3, 0.4) is 0 Å². The van der Waals surface area contributed by atoms with Crippen molar-refractivity contribution in [3.05, 3.63) is 34.3 Å². The number of hydrogen-bond acceptors (Lipinski definition) is 3. The number of amidine groups is 1. The number of halogens is 1. The van der Waals surface area contributed by atoms with Gasteiger partial charge in [0.15, 0.2) is 5.17 Å². The third-order valence-corrected chi connectivity index (χ3v) is 3.29. The highest BCUT2D eigenvalue weighted by molar-refractivity contribution is 9.10. The molecule has 0 unspecified atom stereocenters. The van der Waals surface area contributed by atoms with Crippen LogP contribution in [-0.4, -0.2) is 17.9 Å². The zero-order valence-corrected chi connectivity index (χ0v) is 9.88. The smallest absolute Gasteiger partial charge is 0.183 e. The van der Waals surface area contributed by atoms with Gasteiger partial charge >= 0.3 is 0 Å². The third kappa shape index (κ3) is 2.69. The third-order valence-electron chi connectivity index (χ3n) is 1.79. The van der Waals surface area contributed by atoms with Crippen molar-refractivity contribution in [3.8, 4) is 0 Å². The second-order valence-electron chi connectivity index (χ2n) is 2.85. The summed E-state index contributed by atoms with van der Waals surface area (Å²) in [7, 11) is 0. The molecule has 1 aromatic carbocycles. The highest BCUT2D eigenvalue weighted by Gasteiger charge is 2.02. The lowest BCUT2D eigenvalue weighted by atomic mass is 10.2. The lowest BCUT2D eigenvalue weighted by Gasteiger charge is -1.99. The van der Waals surface area contributed by atoms with Crippen molar-refractivity contribution in [2.24, 2.45) is 9.98 Å². The van der Waals surface area contributed by atoms with Crippen molar-refractivity contribution in [3.63, 3.8) is 0 Å². The first-order valence-corrected chi connectivity index (χ1v) is 6.07. The lowest BCUT2D eigenvalue weighted by molar-refractivity contribution is 1.37. The van der Waals surface area contributed by atoms with E-state index in [1.807, 2.05) is 6.21 Å². The van der Waals surface area contributed by atoms with Gasteiger partial charge in [0.1, 0.15) is 0 Å². The Kier molecular flexibility index (Phi) is 3.37. The fourth-order valence-electron chi connectivity index (χ4n) is 1.09. The summed E-state index contributed by atoms with van der Waals surface area (Å²) >= 11 is 5.09. The molecule has 1 aromatic rings. The molecule has 0 radical (unpaired) electrons. The lowest BCUT2D eigenvalue weighted by Crippen LogP contribution is -1.85. The second kappa shape index (κ2) is 4.75. The van der Waals surface area contributed by atoms with E-state index in [9.17, 15) is 0 Å². The quantitative estimate of drug-likeness (QED) is 0.809. The van der Waals surface area contributed by atoms with Crippen molar-refractivity contribution in [2.45, 2.75) is 5.75 Å². The van der Waals surface area contributed by atoms with Gasteiger partial charge in [-0.05, 0) is 17.7 Å². The average molecular weight is 269 g/mol. The van der Waals surface area contributed by atoms with Gasteiger partial charge in [-0.2, -0.15) is 0 Å². The molecule has 2 rings (SSSR count). The minimum absolute atomic E-state index is 0.739. The maximum atomic E-state index is 4.22. The van der Waals surface area contributed by atoms with E-state index in [1.165, 1.54) is 5.56 Å². The molecule has 0 bridgehead atoms. The molecule has 0 N–H and O–H groups in total. The summed E-state index contributed by atoms with van der Waals surface area (Å²) in [5.41, 5.74) is 1.29. The van der Waals surface area contributed by atoms with Crippen LogP contribution in [0.1, 0.15) is 5.56 Å². The summed E-state index contributed by atoms with van der Waals surface area (Å²) in [6.07, 6.45) is 1.84. The van der Waals surface area contributed by atoms with Crippen LogP contribution in [0.15, 0.2) is 38.7 Å². The van der Waals surface area contributed by atoms with E-state index in [4.69, 9.17) is 0 Å². The monoisotopic (exact) mass is 268 g/mol. The van der Waals surface area contributed by atoms with Crippen LogP contribution in [0.4, 0.5) is 0 Å². The number of benzene rings is 1. The Hall–Kier alpha value is -0.610. The van der Waals surface area contributed by atoms with Crippen LogP contribution in [0.5, 0.6) is 0 Å². The van der Waals surface area contributed by atoms with E-state index >= 15 is 0 Å². The molecule has 0 saturated heterocycles. The van der Waals surface area contributed by atoms with Crippen LogP contribution in [-0.2, 0) is 5.75 Å². The highest BCUT2D eigenvalue weighted by atomic mass is 79.9. The van der Waals surface area contributed by atoms with Crippen LogP contribution >= 0.6 is 27.7 Å². The van der Waals surface area contributed by atoms with Crippen LogP contribution < -0.4 is 0 Å². The van der Waals surface area contributed by atoms with E-state index in [0.717, 1.165) is 21.9 Å². The van der Waals surface area contributed by atoms with E-state index < -0.39 is 0 Å². The summed E-state index contributed by atoms with van der Waals surface area (Å²) in [6, 6.07) is 8.32. The molecular weight excluding hydrogens is 260 g/mol. The summed E-state index contributed by atoms with van der Waals surface area (Å²) in [6.45, 7) is 0.739. The van der Waals surface area contributed by atoms with E-state index in [2.05, 4.69) is 50.2 Å². The van der Waals surface area contributed by atoms with Gasteiger partial charge in [0.2, 0.25) is 0 Å². The molecule has 14 heavy (non-hydrogen) atoms. The molecule has 1 aliphatic heterocycles. The molecule has 2 nitrogen and oxygen atoms in total. The van der Waals surface area contributed by atoms with Crippen molar-refractivity contribution < 1.29 is 0 Å². The Morgan fingerprint density at radius 1 is 1.29 bits per heavy atom. The standard InChI is InChI=1S/C10H9BrN2S/c11-9-3-1-8(2-4-9)7-14-10-12-5-6-13-10/h1-5H,6-7H2. The summed E-state index contributed by atoms with van der Waals surface area (Å²) < 4.78 is 1.11. The van der Waals surface area contributed by atoms with Crippen LogP contribution in [0, 0.1) is 0 Å². The molecule has 4 heteroatoms. The molecule has 1 aliphatic rings. The van der Waals surface area contributed by atoms with Gasteiger partial charge in [0.25, 0.3) is 0 Å². The number of thioether (sulfide) groups is 1. The van der Waals surface area contributed by atoms with Crippen molar-refractivity contribution in [1.82, 2.24) is 0 Å². The Bertz CT molecular complexity index is 370. The summed E-state index contributed by atoms with van der Waals surface area (Å²) in [5, 5.41) is 0.896. The molecular formula is C10H9BrN2S. The highest BCUT2D eigenvalue weighted by Crippen LogP contribution is 2.18. The Labute approximate surface area is 95.7 Å². The molecule has 1 heterocycles. The molecule has 0 fully saturated rings. The first-order chi connectivity index (χ1) is 6.84. The zero-order chi connectivity index (χ0) is 9.80. The SMILES string of the molecule is Brc1ccc(CSC2=NCC=N2)cc1. The zero-order valence-electron chi connectivity index (χ0n) is 7.48. The van der Waals surface area contributed by atoms with Crippen LogP contribution in [0.2, 0.25) is 0 Å². The van der Waals surface area contributed by atoms with Gasteiger partial charge in [-0.15, -0.1) is 0 Å². The maximum Gasteiger partial charge on any atom is 0.183 e. The number of aliphatic imine (C=N–C) groups is 2. The molecule has 0 spiro atoms. The largest absolute Gasteiger partial charge is 0.255 e. The van der Waals surface area contributed by atoms with Gasteiger partial charge in [0, 0.05) is 16.4 Å². The van der Waals surface area contributed by atoms with E-state index in [1.54, 1.807) is 11.8 Å². The van der Waals surface area contributed by atoms with Crippen molar-refractivity contribution in [2.75, 3.05) is 6.54 Å². The first kappa shape index (κ1) is 9.93. The van der Waals surface area contributed by atoms with Gasteiger partial charge in [-0.25, -0.2) is 4.99 Å². The molecule has 0 amide bonds. The number of hydrogen-bond donors (Lipinski definition) is 0. The van der Waals surface area contributed by atoms with Crippen LogP contribution in [0.25, 0.3) is 0 Å². The number of nitrogens with zero attached hydrogens (tertiary/aromatic N) is 2. The van der Waals surface area contributed by atoms with Crippen molar-refractivity contribution in [1.29, 1.82) is 0 Å². The van der Waals surface area contributed by atoms with Gasteiger partial charge in [0.05, 0.1) is 6.54 Å². The Morgan fingerprint density at radius 2 is 2.07 bits per heavy atom. The second-order valence-corrected chi connectivity index (χ2v) is 4.71. The minimum Gasteiger partial charge on any atom is -0.255 e. The van der Waals surface area contributed by atoms with Gasteiger partial charge < -0.3 is 0 Å². The van der Waals surface area contributed by atoms with E-state index in [0.29, 0.717) is 0 Å². The fraction of sp³-hybridized carbons (Fsp3) is 0.200. The molecule has 72 valence electrons. The summed E-state index contributed by atoms with van der Waals surface area (Å²) in [4.78, 5) is 8.36. The first-order valence-electron chi connectivity index (χ1n) is 4.29.